The molecule has 13 heteroatoms. The Morgan fingerprint density at radius 2 is 1.97 bits per heavy atom. The van der Waals surface area contributed by atoms with Crippen LogP contribution in [0.5, 0.6) is 11.5 Å². The van der Waals surface area contributed by atoms with E-state index < -0.39 is 52.3 Å². The molecule has 1 aromatic carbocycles. The first-order valence-corrected chi connectivity index (χ1v) is 9.54. The number of hydrogen-bond donors (Lipinski definition) is 3. The second-order valence-corrected chi connectivity index (χ2v) is 7.38. The van der Waals surface area contributed by atoms with Gasteiger partial charge in [-0.3, -0.25) is 4.79 Å². The van der Waals surface area contributed by atoms with Gasteiger partial charge in [0.15, 0.2) is 17.4 Å². The third-order valence-corrected chi connectivity index (χ3v) is 4.99. The van der Waals surface area contributed by atoms with Crippen molar-refractivity contribution >= 4 is 28.7 Å². The van der Waals surface area contributed by atoms with Crippen molar-refractivity contribution < 1.29 is 36.3 Å². The summed E-state index contributed by atoms with van der Waals surface area (Å²) < 4.78 is 74.1. The van der Waals surface area contributed by atoms with E-state index in [2.05, 4.69) is 20.6 Å². The normalized spacial score (nSPS) is 16.4. The number of carbonyl (C=O) groups is 2. The average Bonchev–Trinajstić information content (AvgIpc) is 3.28. The summed E-state index contributed by atoms with van der Waals surface area (Å²) in [4.78, 5) is 31.1. The van der Waals surface area contributed by atoms with Crippen LogP contribution in [0.2, 0.25) is 0 Å². The fourth-order valence-corrected chi connectivity index (χ4v) is 3.49. The highest BCUT2D eigenvalue weighted by Gasteiger charge is 2.35. The molecular weight excluding hydrogens is 453 g/mol. The molecule has 1 saturated heterocycles. The smallest absolute Gasteiger partial charge is 0.418 e. The van der Waals surface area contributed by atoms with E-state index in [1.165, 1.54) is 4.90 Å². The van der Waals surface area contributed by atoms with Crippen LogP contribution in [-0.2, 0) is 11.0 Å². The minimum atomic E-state index is -4.75. The Morgan fingerprint density at radius 1 is 1.27 bits per heavy atom. The number of ether oxygens (including phenoxy) is 1. The summed E-state index contributed by atoms with van der Waals surface area (Å²) in [5.41, 5.74) is -1.54. The van der Waals surface area contributed by atoms with Gasteiger partial charge in [-0.1, -0.05) is 0 Å². The summed E-state index contributed by atoms with van der Waals surface area (Å²) in [6, 6.07) is 1.31. The van der Waals surface area contributed by atoms with Crippen molar-refractivity contribution in [2.45, 2.75) is 18.6 Å². The van der Waals surface area contributed by atoms with E-state index in [0.29, 0.717) is 12.7 Å². The number of aromatic nitrogens is 2. The first-order chi connectivity index (χ1) is 15.5. The average molecular weight is 469 g/mol. The Balaban J connectivity index is 1.55. The van der Waals surface area contributed by atoms with E-state index in [9.17, 15) is 31.5 Å². The van der Waals surface area contributed by atoms with Crippen molar-refractivity contribution in [2.75, 3.05) is 18.9 Å². The number of halogens is 5. The maximum absolute atomic E-state index is 14.6. The molecule has 3 heterocycles. The highest BCUT2D eigenvalue weighted by molar-refractivity contribution is 5.91. The lowest BCUT2D eigenvalue weighted by molar-refractivity contribution is -0.136. The number of urea groups is 1. The third kappa shape index (κ3) is 4.52. The van der Waals surface area contributed by atoms with Crippen LogP contribution >= 0.6 is 0 Å². The molecule has 3 N–H and O–H groups in total. The molecule has 1 unspecified atom stereocenters. The third-order valence-electron chi connectivity index (χ3n) is 4.99. The zero-order chi connectivity index (χ0) is 23.9. The highest BCUT2D eigenvalue weighted by atomic mass is 19.4. The number of rotatable bonds is 4. The number of carbonyl (C=O) groups excluding carboxylic acids is 2. The van der Waals surface area contributed by atoms with Crippen molar-refractivity contribution in [3.05, 3.63) is 47.8 Å². The number of likely N-dealkylation sites (tertiary alicyclic amines) is 1. The maximum atomic E-state index is 14.6. The van der Waals surface area contributed by atoms with Crippen LogP contribution in [0.15, 0.2) is 30.6 Å². The molecular formula is C20H16F5N5O3. The number of pyridine rings is 1. The van der Waals surface area contributed by atoms with E-state index in [4.69, 9.17) is 4.74 Å². The van der Waals surface area contributed by atoms with Gasteiger partial charge in [-0.15, -0.1) is 0 Å². The van der Waals surface area contributed by atoms with Crippen molar-refractivity contribution in [1.29, 1.82) is 0 Å². The fourth-order valence-electron chi connectivity index (χ4n) is 3.49. The molecule has 0 spiro atoms. The molecule has 2 aromatic heterocycles. The Labute approximate surface area is 182 Å². The summed E-state index contributed by atoms with van der Waals surface area (Å²) in [6.07, 6.45) is -2.86. The van der Waals surface area contributed by atoms with Crippen LogP contribution < -0.4 is 15.4 Å². The van der Waals surface area contributed by atoms with Gasteiger partial charge in [-0.05, 0) is 6.07 Å². The minimum absolute atomic E-state index is 0.0961. The second-order valence-electron chi connectivity index (χ2n) is 7.38. The largest absolute Gasteiger partial charge is 0.450 e. The number of anilines is 1. The molecule has 33 heavy (non-hydrogen) atoms. The number of aromatic amines is 1. The van der Waals surface area contributed by atoms with Crippen LogP contribution in [0, 0.1) is 11.6 Å². The summed E-state index contributed by atoms with van der Waals surface area (Å²) >= 11 is 0. The first-order valence-electron chi connectivity index (χ1n) is 9.54. The van der Waals surface area contributed by atoms with Crippen molar-refractivity contribution in [1.82, 2.24) is 20.2 Å². The number of fused-ring (bicyclic) bond motifs is 1. The van der Waals surface area contributed by atoms with Gasteiger partial charge in [0, 0.05) is 50.2 Å². The standard InChI is InChI=1S/C20H16F5N5O3/c1-30-8-10(6-15(30)31)29-19(32)28-9-4-12(21)17(13(22)5-9)33-14-2-3-26-18-16(14)11(7-27-18)20(23,24)25/h2-5,7,10H,6,8H2,1H3,(H,26,27)(H2,28,29,32). The Bertz CT molecular complexity index is 1220. The highest BCUT2D eigenvalue weighted by Crippen LogP contribution is 2.40. The quantitative estimate of drug-likeness (QED) is 0.503. The number of nitrogens with zero attached hydrogens (tertiary/aromatic N) is 2. The SMILES string of the molecule is CN1CC(NC(=O)Nc2cc(F)c(Oc3ccnc4[nH]cc(C(F)(F)F)c34)c(F)c2)CC1=O. The minimum Gasteiger partial charge on any atom is -0.450 e. The van der Waals surface area contributed by atoms with Crippen molar-refractivity contribution in [3.63, 3.8) is 0 Å². The number of hydrogen-bond acceptors (Lipinski definition) is 4. The monoisotopic (exact) mass is 469 g/mol. The van der Waals surface area contributed by atoms with Crippen molar-refractivity contribution in [2.24, 2.45) is 0 Å². The van der Waals surface area contributed by atoms with E-state index in [-0.39, 0.29) is 23.7 Å². The van der Waals surface area contributed by atoms with Crippen LogP contribution in [0.25, 0.3) is 11.0 Å². The molecule has 3 aromatic rings. The van der Waals surface area contributed by atoms with Crippen LogP contribution in [-0.4, -0.2) is 46.4 Å². The second kappa shape index (κ2) is 8.22. The number of benzene rings is 1. The first kappa shape index (κ1) is 22.3. The molecule has 1 atom stereocenters. The van der Waals surface area contributed by atoms with Gasteiger partial charge >= 0.3 is 12.2 Å². The molecule has 0 saturated carbocycles. The zero-order valence-corrected chi connectivity index (χ0v) is 16.9. The maximum Gasteiger partial charge on any atom is 0.418 e. The Kier molecular flexibility index (Phi) is 5.56. The summed E-state index contributed by atoms with van der Waals surface area (Å²) in [7, 11) is 1.58. The number of alkyl halides is 3. The number of H-pyrrole nitrogens is 1. The van der Waals surface area contributed by atoms with E-state index >= 15 is 0 Å². The van der Waals surface area contributed by atoms with E-state index in [1.54, 1.807) is 7.05 Å². The summed E-state index contributed by atoms with van der Waals surface area (Å²) in [5, 5.41) is 4.28. The predicted molar refractivity (Wildman–Crippen MR) is 106 cm³/mol. The van der Waals surface area contributed by atoms with Gasteiger partial charge in [-0.25, -0.2) is 18.6 Å². The molecule has 8 nitrogen and oxygen atoms in total. The summed E-state index contributed by atoms with van der Waals surface area (Å²) in [5.74, 6) is -4.07. The molecule has 0 bridgehead atoms. The van der Waals surface area contributed by atoms with Gasteiger partial charge < -0.3 is 25.3 Å². The summed E-state index contributed by atoms with van der Waals surface area (Å²) in [6.45, 7) is 0.293. The molecule has 174 valence electrons. The van der Waals surface area contributed by atoms with Crippen LogP contribution in [0.3, 0.4) is 0 Å². The van der Waals surface area contributed by atoms with Crippen LogP contribution in [0.4, 0.5) is 32.4 Å². The molecule has 0 radical (unpaired) electrons. The molecule has 1 fully saturated rings. The predicted octanol–water partition coefficient (Wildman–Crippen LogP) is 4.00. The van der Waals surface area contributed by atoms with E-state index in [1.807, 2.05) is 0 Å². The topological polar surface area (TPSA) is 99.3 Å². The van der Waals surface area contributed by atoms with Crippen LogP contribution in [0.1, 0.15) is 12.0 Å². The number of nitrogens with one attached hydrogen (secondary N) is 3. The Hall–Kier alpha value is -3.90. The van der Waals surface area contributed by atoms with Gasteiger partial charge in [0.2, 0.25) is 5.91 Å². The van der Waals surface area contributed by atoms with Gasteiger partial charge in [0.05, 0.1) is 17.0 Å². The lowest BCUT2D eigenvalue weighted by atomic mass is 10.2. The number of likely N-dealkylation sites (N-methyl/N-ethyl adjacent to an activating group) is 1. The van der Waals surface area contributed by atoms with Gasteiger partial charge in [0.1, 0.15) is 11.4 Å². The Morgan fingerprint density at radius 3 is 2.58 bits per heavy atom. The fraction of sp³-hybridized carbons (Fsp3) is 0.250. The van der Waals surface area contributed by atoms with Gasteiger partial charge in [-0.2, -0.15) is 13.2 Å². The van der Waals surface area contributed by atoms with Crippen molar-refractivity contribution in [3.8, 4) is 11.5 Å². The molecule has 1 aliphatic rings. The lowest BCUT2D eigenvalue weighted by Crippen LogP contribution is -2.39. The van der Waals surface area contributed by atoms with E-state index in [0.717, 1.165) is 24.4 Å². The molecule has 3 amide bonds. The molecule has 0 aliphatic carbocycles. The van der Waals surface area contributed by atoms with Gasteiger partial charge in [0.25, 0.3) is 0 Å². The number of amides is 3. The zero-order valence-electron chi connectivity index (χ0n) is 16.9. The molecule has 1 aliphatic heterocycles. The lowest BCUT2D eigenvalue weighted by Gasteiger charge is -2.15. The molecule has 4 rings (SSSR count).